The van der Waals surface area contributed by atoms with Crippen molar-refractivity contribution in [1.82, 2.24) is 4.90 Å². The summed E-state index contributed by atoms with van der Waals surface area (Å²) < 4.78 is 10.5. The number of hydrogen-bond acceptors (Lipinski definition) is 5. The minimum atomic E-state index is -0.687. The fourth-order valence-corrected chi connectivity index (χ4v) is 2.82. The summed E-state index contributed by atoms with van der Waals surface area (Å²) in [6.45, 7) is 3.76. The number of hydrogen-bond donors (Lipinski definition) is 1. The van der Waals surface area contributed by atoms with Gasteiger partial charge in [-0.2, -0.15) is 0 Å². The maximum absolute atomic E-state index is 12.3. The van der Waals surface area contributed by atoms with Crippen molar-refractivity contribution in [3.8, 4) is 11.5 Å². The highest BCUT2D eigenvalue weighted by Gasteiger charge is 2.29. The smallest absolute Gasteiger partial charge is 0.231 e. The summed E-state index contributed by atoms with van der Waals surface area (Å²) in [4.78, 5) is 14.3. The first-order valence-corrected chi connectivity index (χ1v) is 6.91. The molecule has 0 aromatic heterocycles. The average Bonchev–Trinajstić information content (AvgIpc) is 2.84. The summed E-state index contributed by atoms with van der Waals surface area (Å²) in [6.07, 6.45) is 1.71. The molecule has 2 aliphatic heterocycles. The molecule has 0 amide bonds. The Morgan fingerprint density at radius 3 is 3.00 bits per heavy atom. The Morgan fingerprint density at radius 2 is 2.20 bits per heavy atom. The Morgan fingerprint density at radius 1 is 1.40 bits per heavy atom. The maximum atomic E-state index is 12.3. The van der Waals surface area contributed by atoms with Crippen LogP contribution in [0.25, 0.3) is 0 Å². The lowest BCUT2D eigenvalue weighted by Gasteiger charge is -2.36. The monoisotopic (exact) mass is 277 g/mol. The molecule has 0 aliphatic carbocycles. The summed E-state index contributed by atoms with van der Waals surface area (Å²) in [5, 5.41) is 10.1. The van der Waals surface area contributed by atoms with Gasteiger partial charge in [-0.3, -0.25) is 9.69 Å². The molecule has 5 nitrogen and oxygen atoms in total. The number of aliphatic hydroxyl groups is 1. The first kappa shape index (κ1) is 13.4. The molecule has 5 heteroatoms. The Kier molecular flexibility index (Phi) is 3.40. The van der Waals surface area contributed by atoms with Crippen LogP contribution in [0, 0.1) is 0 Å². The fourth-order valence-electron chi connectivity index (χ4n) is 2.82. The SMILES string of the molecule is CC1(O)CCCN(CC(=O)c2ccc3c(c2)OCO3)C1. The minimum Gasteiger partial charge on any atom is -0.454 e. The number of rotatable bonds is 3. The number of likely N-dealkylation sites (tertiary alicyclic amines) is 1. The quantitative estimate of drug-likeness (QED) is 0.847. The number of nitrogens with zero attached hydrogens (tertiary/aromatic N) is 1. The zero-order chi connectivity index (χ0) is 14.2. The molecule has 0 saturated carbocycles. The third kappa shape index (κ3) is 2.78. The molecular formula is C15H19NO4. The third-order valence-electron chi connectivity index (χ3n) is 3.82. The van der Waals surface area contributed by atoms with Crippen LogP contribution in [0.2, 0.25) is 0 Å². The highest BCUT2D eigenvalue weighted by Crippen LogP contribution is 2.32. The van der Waals surface area contributed by atoms with Crippen LogP contribution in [0.5, 0.6) is 11.5 Å². The Balaban J connectivity index is 1.67. The van der Waals surface area contributed by atoms with Gasteiger partial charge in [-0.15, -0.1) is 0 Å². The molecule has 1 saturated heterocycles. The summed E-state index contributed by atoms with van der Waals surface area (Å²) in [5.41, 5.74) is -0.0626. The molecule has 1 atom stereocenters. The van der Waals surface area contributed by atoms with Crippen LogP contribution in [0.1, 0.15) is 30.1 Å². The molecule has 20 heavy (non-hydrogen) atoms. The van der Waals surface area contributed by atoms with E-state index in [9.17, 15) is 9.90 Å². The number of fused-ring (bicyclic) bond motifs is 1. The number of ether oxygens (including phenoxy) is 2. The van der Waals surface area contributed by atoms with Crippen LogP contribution in [0.4, 0.5) is 0 Å². The molecule has 1 unspecified atom stereocenters. The Hall–Kier alpha value is -1.59. The van der Waals surface area contributed by atoms with Crippen LogP contribution in [-0.2, 0) is 0 Å². The maximum Gasteiger partial charge on any atom is 0.231 e. The summed E-state index contributed by atoms with van der Waals surface area (Å²) in [7, 11) is 0. The summed E-state index contributed by atoms with van der Waals surface area (Å²) in [5.74, 6) is 1.35. The molecule has 0 bridgehead atoms. The molecule has 1 N–H and O–H groups in total. The standard InChI is InChI=1S/C15H19NO4/c1-15(18)5-2-6-16(9-15)8-12(17)11-3-4-13-14(7-11)20-10-19-13/h3-4,7,18H,2,5-6,8-10H2,1H3. The number of carbonyl (C=O) groups excluding carboxylic acids is 1. The Bertz CT molecular complexity index is 527. The average molecular weight is 277 g/mol. The van der Waals surface area contributed by atoms with E-state index in [4.69, 9.17) is 9.47 Å². The lowest BCUT2D eigenvalue weighted by Crippen LogP contribution is -2.47. The molecule has 1 fully saturated rings. The van der Waals surface area contributed by atoms with Crippen LogP contribution in [0.15, 0.2) is 18.2 Å². The van der Waals surface area contributed by atoms with Crippen LogP contribution < -0.4 is 9.47 Å². The van der Waals surface area contributed by atoms with E-state index in [2.05, 4.69) is 0 Å². The molecule has 3 rings (SSSR count). The number of piperidine rings is 1. The van der Waals surface area contributed by atoms with E-state index in [0.717, 1.165) is 19.4 Å². The molecule has 0 radical (unpaired) electrons. The van der Waals surface area contributed by atoms with Crippen molar-refractivity contribution < 1.29 is 19.4 Å². The Labute approximate surface area is 118 Å². The van der Waals surface area contributed by atoms with Gasteiger partial charge in [-0.05, 0) is 44.5 Å². The van der Waals surface area contributed by atoms with Crippen molar-refractivity contribution in [3.63, 3.8) is 0 Å². The van der Waals surface area contributed by atoms with Crippen molar-refractivity contribution in [2.24, 2.45) is 0 Å². The molecule has 2 heterocycles. The first-order chi connectivity index (χ1) is 9.53. The van der Waals surface area contributed by atoms with E-state index < -0.39 is 5.60 Å². The second-order valence-electron chi connectivity index (χ2n) is 5.80. The topological polar surface area (TPSA) is 59.0 Å². The van der Waals surface area contributed by atoms with Crippen molar-refractivity contribution >= 4 is 5.78 Å². The minimum absolute atomic E-state index is 0.0426. The number of ketones is 1. The van der Waals surface area contributed by atoms with Gasteiger partial charge in [0.25, 0.3) is 0 Å². The number of carbonyl (C=O) groups is 1. The number of benzene rings is 1. The highest BCUT2D eigenvalue weighted by molar-refractivity contribution is 5.98. The molecule has 2 aliphatic rings. The van der Waals surface area contributed by atoms with E-state index in [1.54, 1.807) is 18.2 Å². The van der Waals surface area contributed by atoms with Gasteiger partial charge in [0.1, 0.15) is 0 Å². The molecule has 1 aromatic carbocycles. The van der Waals surface area contributed by atoms with E-state index in [0.29, 0.717) is 30.2 Å². The fraction of sp³-hybridized carbons (Fsp3) is 0.533. The van der Waals surface area contributed by atoms with Gasteiger partial charge in [0.2, 0.25) is 6.79 Å². The molecule has 0 spiro atoms. The zero-order valence-electron chi connectivity index (χ0n) is 11.6. The lowest BCUT2D eigenvalue weighted by molar-refractivity contribution is -0.0133. The van der Waals surface area contributed by atoms with Crippen LogP contribution in [-0.4, -0.2) is 47.8 Å². The van der Waals surface area contributed by atoms with Gasteiger partial charge in [-0.1, -0.05) is 0 Å². The zero-order valence-corrected chi connectivity index (χ0v) is 11.6. The van der Waals surface area contributed by atoms with Gasteiger partial charge in [-0.25, -0.2) is 0 Å². The van der Waals surface area contributed by atoms with Crippen molar-refractivity contribution in [2.45, 2.75) is 25.4 Å². The first-order valence-electron chi connectivity index (χ1n) is 6.91. The molecule has 108 valence electrons. The summed E-state index contributed by atoms with van der Waals surface area (Å²) in [6, 6.07) is 5.26. The van der Waals surface area contributed by atoms with Gasteiger partial charge in [0.05, 0.1) is 12.1 Å². The second kappa shape index (κ2) is 5.07. The van der Waals surface area contributed by atoms with Gasteiger partial charge >= 0.3 is 0 Å². The molecule has 1 aromatic rings. The third-order valence-corrected chi connectivity index (χ3v) is 3.82. The number of β-amino-alcohol motifs (C(OH)–C–C–N with tert-alkyl or cyclic N) is 1. The largest absolute Gasteiger partial charge is 0.454 e. The normalized spacial score (nSPS) is 25.7. The van der Waals surface area contributed by atoms with Gasteiger partial charge in [0, 0.05) is 12.1 Å². The van der Waals surface area contributed by atoms with Crippen molar-refractivity contribution in [3.05, 3.63) is 23.8 Å². The predicted octanol–water partition coefficient (Wildman–Crippen LogP) is 1.44. The van der Waals surface area contributed by atoms with Gasteiger partial charge in [0.15, 0.2) is 17.3 Å². The van der Waals surface area contributed by atoms with Crippen LogP contribution >= 0.6 is 0 Å². The predicted molar refractivity (Wildman–Crippen MR) is 73.2 cm³/mol. The van der Waals surface area contributed by atoms with E-state index in [1.807, 2.05) is 11.8 Å². The second-order valence-corrected chi connectivity index (χ2v) is 5.80. The van der Waals surface area contributed by atoms with Gasteiger partial charge < -0.3 is 14.6 Å². The van der Waals surface area contributed by atoms with E-state index in [-0.39, 0.29) is 12.6 Å². The van der Waals surface area contributed by atoms with Crippen molar-refractivity contribution in [1.29, 1.82) is 0 Å². The summed E-state index contributed by atoms with van der Waals surface area (Å²) >= 11 is 0. The van der Waals surface area contributed by atoms with E-state index in [1.165, 1.54) is 0 Å². The van der Waals surface area contributed by atoms with Crippen molar-refractivity contribution in [2.75, 3.05) is 26.4 Å². The van der Waals surface area contributed by atoms with Crippen LogP contribution in [0.3, 0.4) is 0 Å². The molecular weight excluding hydrogens is 258 g/mol. The number of Topliss-reactive ketones (excluding diaryl/α,β-unsaturated/α-hetero) is 1. The highest BCUT2D eigenvalue weighted by atomic mass is 16.7. The van der Waals surface area contributed by atoms with E-state index >= 15 is 0 Å². The lowest BCUT2D eigenvalue weighted by atomic mass is 9.95.